The topological polar surface area (TPSA) is 47.8 Å². The summed E-state index contributed by atoms with van der Waals surface area (Å²) in [7, 11) is 0. The predicted octanol–water partition coefficient (Wildman–Crippen LogP) is 1.39. The van der Waals surface area contributed by atoms with Crippen molar-refractivity contribution in [2.24, 2.45) is 0 Å². The van der Waals surface area contributed by atoms with Gasteiger partial charge in [0.2, 0.25) is 0 Å². The van der Waals surface area contributed by atoms with Gasteiger partial charge in [0.15, 0.2) is 6.29 Å². The molecule has 14 heavy (non-hydrogen) atoms. The standard InChI is InChI=1S/C10H9N3O/c1-8-2-3-10(9(6-8)7-14)13-5-4-11-12-13/h2-7H,1H3. The van der Waals surface area contributed by atoms with Gasteiger partial charge in [-0.15, -0.1) is 5.10 Å². The molecule has 0 unspecified atom stereocenters. The summed E-state index contributed by atoms with van der Waals surface area (Å²) in [4.78, 5) is 10.8. The van der Waals surface area contributed by atoms with E-state index < -0.39 is 0 Å². The molecule has 0 N–H and O–H groups in total. The highest BCUT2D eigenvalue weighted by Gasteiger charge is 2.03. The Labute approximate surface area is 81.2 Å². The Morgan fingerprint density at radius 3 is 2.93 bits per heavy atom. The van der Waals surface area contributed by atoms with Crippen molar-refractivity contribution < 1.29 is 4.79 Å². The molecule has 0 radical (unpaired) electrons. The van der Waals surface area contributed by atoms with Crippen LogP contribution in [-0.2, 0) is 0 Å². The second-order valence-electron chi connectivity index (χ2n) is 3.03. The summed E-state index contributed by atoms with van der Waals surface area (Å²) in [6.45, 7) is 1.94. The molecule has 1 aromatic carbocycles. The van der Waals surface area contributed by atoms with Crippen molar-refractivity contribution in [1.29, 1.82) is 0 Å². The normalized spacial score (nSPS) is 10.1. The number of aldehydes is 1. The Morgan fingerprint density at radius 2 is 2.29 bits per heavy atom. The number of carbonyl (C=O) groups is 1. The molecule has 0 amide bonds. The highest BCUT2D eigenvalue weighted by molar-refractivity contribution is 5.81. The molecule has 70 valence electrons. The largest absolute Gasteiger partial charge is 0.298 e. The van der Waals surface area contributed by atoms with Gasteiger partial charge >= 0.3 is 0 Å². The van der Waals surface area contributed by atoms with Gasteiger partial charge in [0.1, 0.15) is 0 Å². The minimum Gasteiger partial charge on any atom is -0.298 e. The first-order chi connectivity index (χ1) is 6.81. The van der Waals surface area contributed by atoms with Gasteiger partial charge in [-0.25, -0.2) is 4.68 Å². The first-order valence-electron chi connectivity index (χ1n) is 4.24. The van der Waals surface area contributed by atoms with Gasteiger partial charge in [0.25, 0.3) is 0 Å². The number of aromatic nitrogens is 3. The van der Waals surface area contributed by atoms with Crippen LogP contribution in [0.5, 0.6) is 0 Å². The summed E-state index contributed by atoms with van der Waals surface area (Å²) >= 11 is 0. The molecule has 1 aromatic heterocycles. The van der Waals surface area contributed by atoms with Crippen molar-refractivity contribution in [2.45, 2.75) is 6.92 Å². The van der Waals surface area contributed by atoms with Crippen molar-refractivity contribution in [2.75, 3.05) is 0 Å². The third kappa shape index (κ3) is 1.42. The summed E-state index contributed by atoms with van der Waals surface area (Å²) in [5.74, 6) is 0. The maximum Gasteiger partial charge on any atom is 0.152 e. The molecule has 4 heteroatoms. The van der Waals surface area contributed by atoms with Gasteiger partial charge in [-0.2, -0.15) is 0 Å². The van der Waals surface area contributed by atoms with Crippen molar-refractivity contribution in [3.63, 3.8) is 0 Å². The fraction of sp³-hybridized carbons (Fsp3) is 0.100. The van der Waals surface area contributed by atoms with Crippen LogP contribution >= 0.6 is 0 Å². The highest BCUT2D eigenvalue weighted by Crippen LogP contribution is 2.13. The first kappa shape index (κ1) is 8.62. The van der Waals surface area contributed by atoms with Crippen LogP contribution in [0.4, 0.5) is 0 Å². The van der Waals surface area contributed by atoms with Gasteiger partial charge in [-0.1, -0.05) is 16.8 Å². The number of aryl methyl sites for hydroxylation is 1. The number of carbonyl (C=O) groups excluding carboxylic acids is 1. The maximum atomic E-state index is 10.8. The van der Waals surface area contributed by atoms with Crippen molar-refractivity contribution in [3.05, 3.63) is 41.7 Å². The van der Waals surface area contributed by atoms with Crippen molar-refractivity contribution in [3.8, 4) is 5.69 Å². The smallest absolute Gasteiger partial charge is 0.152 e. The van der Waals surface area contributed by atoms with Gasteiger partial charge in [0.05, 0.1) is 18.1 Å². The van der Waals surface area contributed by atoms with E-state index in [1.54, 1.807) is 17.1 Å². The number of nitrogens with zero attached hydrogens (tertiary/aromatic N) is 3. The SMILES string of the molecule is Cc1ccc(-n2ccnn2)c(C=O)c1. The van der Waals surface area contributed by atoms with E-state index in [-0.39, 0.29) is 0 Å². The van der Waals surface area contributed by atoms with E-state index in [9.17, 15) is 4.79 Å². The van der Waals surface area contributed by atoms with Crippen LogP contribution < -0.4 is 0 Å². The van der Waals surface area contributed by atoms with E-state index in [1.165, 1.54) is 0 Å². The van der Waals surface area contributed by atoms with Crippen LogP contribution in [0.1, 0.15) is 15.9 Å². The molecular formula is C10H9N3O. The van der Waals surface area contributed by atoms with Crippen LogP contribution in [-0.4, -0.2) is 21.3 Å². The lowest BCUT2D eigenvalue weighted by Crippen LogP contribution is -2.00. The summed E-state index contributed by atoms with van der Waals surface area (Å²) in [6.07, 6.45) is 4.11. The van der Waals surface area contributed by atoms with E-state index in [4.69, 9.17) is 0 Å². The summed E-state index contributed by atoms with van der Waals surface area (Å²) < 4.78 is 1.57. The second kappa shape index (κ2) is 3.41. The molecule has 2 aromatic rings. The van der Waals surface area contributed by atoms with Crippen molar-refractivity contribution >= 4 is 6.29 Å². The van der Waals surface area contributed by atoms with Gasteiger partial charge < -0.3 is 0 Å². The second-order valence-corrected chi connectivity index (χ2v) is 3.03. The van der Waals surface area contributed by atoms with Crippen molar-refractivity contribution in [1.82, 2.24) is 15.0 Å². The maximum absolute atomic E-state index is 10.8. The predicted molar refractivity (Wildman–Crippen MR) is 51.5 cm³/mol. The van der Waals surface area contributed by atoms with E-state index >= 15 is 0 Å². The molecule has 0 aliphatic heterocycles. The zero-order valence-electron chi connectivity index (χ0n) is 7.71. The molecule has 0 aliphatic rings. The molecule has 0 saturated carbocycles. The summed E-state index contributed by atoms with van der Waals surface area (Å²) in [5, 5.41) is 7.53. The van der Waals surface area contributed by atoms with Gasteiger partial charge in [-0.05, 0) is 19.1 Å². The Balaban J connectivity index is 2.58. The minimum absolute atomic E-state index is 0.621. The lowest BCUT2D eigenvalue weighted by molar-refractivity contribution is 0.112. The number of benzene rings is 1. The molecule has 0 atom stereocenters. The summed E-state index contributed by atoms with van der Waals surface area (Å²) in [5.41, 5.74) is 2.43. The Bertz CT molecular complexity index is 448. The molecule has 1 heterocycles. The Kier molecular flexibility index (Phi) is 2.10. The van der Waals surface area contributed by atoms with Gasteiger partial charge in [-0.3, -0.25) is 4.79 Å². The highest BCUT2D eigenvalue weighted by atomic mass is 16.1. The quantitative estimate of drug-likeness (QED) is 0.667. The molecular weight excluding hydrogens is 178 g/mol. The van der Waals surface area contributed by atoms with E-state index in [2.05, 4.69) is 10.3 Å². The molecule has 0 aliphatic carbocycles. The zero-order chi connectivity index (χ0) is 9.97. The van der Waals surface area contributed by atoms with Crippen LogP contribution in [0.15, 0.2) is 30.6 Å². The van der Waals surface area contributed by atoms with E-state index in [1.807, 2.05) is 25.1 Å². The third-order valence-electron chi connectivity index (χ3n) is 1.98. The first-order valence-corrected chi connectivity index (χ1v) is 4.24. The average molecular weight is 187 g/mol. The number of rotatable bonds is 2. The lowest BCUT2D eigenvalue weighted by Gasteiger charge is -2.04. The minimum atomic E-state index is 0.621. The molecule has 0 bridgehead atoms. The Hall–Kier alpha value is -1.97. The molecule has 0 saturated heterocycles. The molecule has 0 spiro atoms. The fourth-order valence-electron chi connectivity index (χ4n) is 1.31. The van der Waals surface area contributed by atoms with Gasteiger partial charge in [0, 0.05) is 5.56 Å². The lowest BCUT2D eigenvalue weighted by atomic mass is 10.1. The van der Waals surface area contributed by atoms with E-state index in [0.29, 0.717) is 5.56 Å². The molecule has 2 rings (SSSR count). The zero-order valence-corrected chi connectivity index (χ0v) is 7.71. The Morgan fingerprint density at radius 1 is 1.43 bits per heavy atom. The van der Waals surface area contributed by atoms with Crippen LogP contribution in [0, 0.1) is 6.92 Å². The fourth-order valence-corrected chi connectivity index (χ4v) is 1.31. The van der Waals surface area contributed by atoms with Crippen LogP contribution in [0.3, 0.4) is 0 Å². The number of hydrogen-bond acceptors (Lipinski definition) is 3. The third-order valence-corrected chi connectivity index (χ3v) is 1.98. The van der Waals surface area contributed by atoms with E-state index in [0.717, 1.165) is 17.5 Å². The molecule has 4 nitrogen and oxygen atoms in total. The number of hydrogen-bond donors (Lipinski definition) is 0. The molecule has 0 fully saturated rings. The average Bonchev–Trinajstić information content (AvgIpc) is 2.70. The van der Waals surface area contributed by atoms with Crippen LogP contribution in [0.2, 0.25) is 0 Å². The monoisotopic (exact) mass is 187 g/mol. The summed E-state index contributed by atoms with van der Waals surface area (Å²) in [6, 6.07) is 5.61. The van der Waals surface area contributed by atoms with Crippen LogP contribution in [0.25, 0.3) is 5.69 Å².